The van der Waals surface area contributed by atoms with Crippen molar-refractivity contribution in [1.82, 2.24) is 15.3 Å². The van der Waals surface area contributed by atoms with E-state index in [-0.39, 0.29) is 5.91 Å². The second kappa shape index (κ2) is 6.62. The fraction of sp³-hybridized carbons (Fsp3) is 0.118. The number of hydrogen-bond acceptors (Lipinski definition) is 4. The molecular weight excluding hydrogens is 314 g/mol. The number of ether oxygens (including phenoxy) is 1. The molecule has 0 unspecified atom stereocenters. The van der Waals surface area contributed by atoms with Crippen LogP contribution in [0.3, 0.4) is 0 Å². The number of amides is 1. The van der Waals surface area contributed by atoms with Crippen molar-refractivity contribution in [3.05, 3.63) is 64.9 Å². The molecule has 5 nitrogen and oxygen atoms in total. The number of benzene rings is 1. The molecule has 0 spiro atoms. The number of halogens is 1. The number of hydrogen-bond donors (Lipinski definition) is 1. The second-order valence-electron chi connectivity index (χ2n) is 4.88. The average molecular weight is 328 g/mol. The van der Waals surface area contributed by atoms with Gasteiger partial charge in [-0.05, 0) is 17.7 Å². The van der Waals surface area contributed by atoms with E-state index < -0.39 is 0 Å². The normalized spacial score (nSPS) is 10.5. The van der Waals surface area contributed by atoms with Gasteiger partial charge < -0.3 is 10.1 Å². The fourth-order valence-corrected chi connectivity index (χ4v) is 2.51. The lowest BCUT2D eigenvalue weighted by atomic mass is 10.1. The van der Waals surface area contributed by atoms with Crippen molar-refractivity contribution >= 4 is 28.4 Å². The van der Waals surface area contributed by atoms with Crippen molar-refractivity contribution in [2.24, 2.45) is 0 Å². The lowest BCUT2D eigenvalue weighted by molar-refractivity contribution is 0.0951. The third-order valence-corrected chi connectivity index (χ3v) is 3.75. The van der Waals surface area contributed by atoms with Gasteiger partial charge in [-0.1, -0.05) is 29.8 Å². The van der Waals surface area contributed by atoms with Crippen LogP contribution in [0.25, 0.3) is 10.9 Å². The first-order valence-electron chi connectivity index (χ1n) is 6.99. The van der Waals surface area contributed by atoms with Crippen molar-refractivity contribution in [3.8, 4) is 5.88 Å². The molecule has 3 rings (SSSR count). The predicted molar refractivity (Wildman–Crippen MR) is 88.7 cm³/mol. The van der Waals surface area contributed by atoms with Gasteiger partial charge in [0.05, 0.1) is 23.2 Å². The number of nitrogens with zero attached hydrogens (tertiary/aromatic N) is 2. The first-order chi connectivity index (χ1) is 11.2. The van der Waals surface area contributed by atoms with Gasteiger partial charge >= 0.3 is 0 Å². The molecule has 1 N–H and O–H groups in total. The zero-order chi connectivity index (χ0) is 16.2. The van der Waals surface area contributed by atoms with E-state index in [1.807, 2.05) is 30.3 Å². The smallest absolute Gasteiger partial charge is 0.253 e. The predicted octanol–water partition coefficient (Wildman–Crippen LogP) is 3.22. The van der Waals surface area contributed by atoms with Crippen molar-refractivity contribution in [2.75, 3.05) is 7.11 Å². The molecule has 0 bridgehead atoms. The summed E-state index contributed by atoms with van der Waals surface area (Å²) in [5.74, 6) is 0.257. The Bertz CT molecular complexity index is 867. The molecule has 6 heteroatoms. The summed E-state index contributed by atoms with van der Waals surface area (Å²) in [6, 6.07) is 11.1. The van der Waals surface area contributed by atoms with Crippen LogP contribution in [0.4, 0.5) is 0 Å². The highest BCUT2D eigenvalue weighted by Gasteiger charge is 2.11. The molecule has 0 fully saturated rings. The highest BCUT2D eigenvalue weighted by atomic mass is 35.5. The molecule has 0 atom stereocenters. The number of aromatic nitrogens is 2. The van der Waals surface area contributed by atoms with E-state index in [4.69, 9.17) is 16.3 Å². The van der Waals surface area contributed by atoms with Gasteiger partial charge in [-0.25, -0.2) is 4.98 Å². The van der Waals surface area contributed by atoms with Gasteiger partial charge in [-0.2, -0.15) is 0 Å². The number of rotatable bonds is 4. The summed E-state index contributed by atoms with van der Waals surface area (Å²) in [6.07, 6.45) is 2.98. The third-order valence-electron chi connectivity index (χ3n) is 3.44. The Hall–Kier alpha value is -2.66. The van der Waals surface area contributed by atoms with Crippen molar-refractivity contribution in [2.45, 2.75) is 6.54 Å². The summed E-state index contributed by atoms with van der Waals surface area (Å²) in [7, 11) is 1.57. The Labute approximate surface area is 138 Å². The summed E-state index contributed by atoms with van der Waals surface area (Å²) in [5.41, 5.74) is 2.14. The Morgan fingerprint density at radius 3 is 2.91 bits per heavy atom. The third kappa shape index (κ3) is 3.24. The number of carbonyl (C=O) groups is 1. The lowest BCUT2D eigenvalue weighted by Gasteiger charge is -2.10. The van der Waals surface area contributed by atoms with Crippen molar-refractivity contribution in [3.63, 3.8) is 0 Å². The standard InChI is InChI=1S/C17H14ClN3O2/c1-23-16-8-11(12-4-2-3-5-15(12)21-16)9-20-17(22)13-6-7-19-10-14(13)18/h2-8,10H,9H2,1H3,(H,20,22). The van der Waals surface area contributed by atoms with Crippen LogP contribution in [-0.4, -0.2) is 23.0 Å². The van der Waals surface area contributed by atoms with Gasteiger partial charge in [-0.15, -0.1) is 0 Å². The summed E-state index contributed by atoms with van der Waals surface area (Å²) < 4.78 is 5.22. The molecule has 0 saturated heterocycles. The maximum absolute atomic E-state index is 12.3. The number of para-hydroxylation sites is 1. The molecule has 1 aromatic carbocycles. The van der Waals surface area contributed by atoms with E-state index in [0.717, 1.165) is 16.5 Å². The minimum absolute atomic E-state index is 0.253. The highest BCUT2D eigenvalue weighted by molar-refractivity contribution is 6.33. The van der Waals surface area contributed by atoms with Crippen LogP contribution in [0.15, 0.2) is 48.8 Å². The first-order valence-corrected chi connectivity index (χ1v) is 7.37. The van der Waals surface area contributed by atoms with E-state index in [0.29, 0.717) is 23.0 Å². The topological polar surface area (TPSA) is 64.1 Å². The minimum atomic E-state index is -0.253. The monoisotopic (exact) mass is 327 g/mol. The molecule has 2 aromatic heterocycles. The van der Waals surface area contributed by atoms with Crippen LogP contribution in [0, 0.1) is 0 Å². The second-order valence-corrected chi connectivity index (χ2v) is 5.29. The quantitative estimate of drug-likeness (QED) is 0.799. The van der Waals surface area contributed by atoms with Gasteiger partial charge in [0.2, 0.25) is 5.88 Å². The molecule has 1 amide bonds. The molecule has 0 aliphatic rings. The molecule has 0 radical (unpaired) electrons. The molecule has 3 aromatic rings. The summed E-state index contributed by atoms with van der Waals surface area (Å²) in [4.78, 5) is 20.5. The van der Waals surface area contributed by atoms with Crippen LogP contribution in [0.2, 0.25) is 5.02 Å². The molecular formula is C17H14ClN3O2. The zero-order valence-electron chi connectivity index (χ0n) is 12.4. The first kappa shape index (κ1) is 15.2. The van der Waals surface area contributed by atoms with E-state index in [1.165, 1.54) is 12.4 Å². The number of nitrogens with one attached hydrogen (secondary N) is 1. The Kier molecular flexibility index (Phi) is 4.39. The van der Waals surface area contributed by atoms with Crippen LogP contribution in [0.1, 0.15) is 15.9 Å². The van der Waals surface area contributed by atoms with Gasteiger partial charge in [-0.3, -0.25) is 9.78 Å². The van der Waals surface area contributed by atoms with Gasteiger partial charge in [0, 0.05) is 30.4 Å². The Morgan fingerprint density at radius 1 is 1.30 bits per heavy atom. The number of carbonyl (C=O) groups excluding carboxylic acids is 1. The molecule has 0 saturated carbocycles. The van der Waals surface area contributed by atoms with E-state index in [1.54, 1.807) is 13.2 Å². The molecule has 116 valence electrons. The van der Waals surface area contributed by atoms with E-state index in [2.05, 4.69) is 15.3 Å². The van der Waals surface area contributed by atoms with Gasteiger partial charge in [0.25, 0.3) is 5.91 Å². The van der Waals surface area contributed by atoms with Gasteiger partial charge in [0.1, 0.15) is 0 Å². The largest absolute Gasteiger partial charge is 0.481 e. The fourth-order valence-electron chi connectivity index (χ4n) is 2.30. The minimum Gasteiger partial charge on any atom is -0.481 e. The zero-order valence-corrected chi connectivity index (χ0v) is 13.2. The number of methoxy groups -OCH3 is 1. The summed E-state index contributed by atoms with van der Waals surface area (Å²) in [5, 5.41) is 4.15. The molecule has 0 aliphatic carbocycles. The van der Waals surface area contributed by atoms with E-state index >= 15 is 0 Å². The average Bonchev–Trinajstić information content (AvgIpc) is 2.59. The van der Waals surface area contributed by atoms with Crippen LogP contribution >= 0.6 is 11.6 Å². The number of fused-ring (bicyclic) bond motifs is 1. The molecule has 23 heavy (non-hydrogen) atoms. The maximum Gasteiger partial charge on any atom is 0.253 e. The molecule has 2 heterocycles. The maximum atomic E-state index is 12.3. The Morgan fingerprint density at radius 2 is 2.13 bits per heavy atom. The van der Waals surface area contributed by atoms with Gasteiger partial charge in [0.15, 0.2) is 0 Å². The van der Waals surface area contributed by atoms with Crippen molar-refractivity contribution < 1.29 is 9.53 Å². The SMILES string of the molecule is COc1cc(CNC(=O)c2ccncc2Cl)c2ccccc2n1. The number of pyridine rings is 2. The van der Waals surface area contributed by atoms with Crippen LogP contribution in [0.5, 0.6) is 5.88 Å². The van der Waals surface area contributed by atoms with Crippen LogP contribution < -0.4 is 10.1 Å². The summed E-state index contributed by atoms with van der Waals surface area (Å²) in [6.45, 7) is 0.344. The van der Waals surface area contributed by atoms with E-state index in [9.17, 15) is 4.79 Å². The highest BCUT2D eigenvalue weighted by Crippen LogP contribution is 2.22. The van der Waals surface area contributed by atoms with Crippen LogP contribution in [-0.2, 0) is 6.54 Å². The Balaban J connectivity index is 1.87. The van der Waals surface area contributed by atoms with Crippen molar-refractivity contribution in [1.29, 1.82) is 0 Å². The lowest BCUT2D eigenvalue weighted by Crippen LogP contribution is -2.23. The molecule has 0 aliphatic heterocycles. The summed E-state index contributed by atoms with van der Waals surface area (Å²) >= 11 is 5.99.